The normalized spacial score (nSPS) is 12.3. The topological polar surface area (TPSA) is 62.3 Å². The molecule has 1 heterocycles. The van der Waals surface area contributed by atoms with Crippen LogP contribution in [0.3, 0.4) is 0 Å². The third-order valence-electron chi connectivity index (χ3n) is 4.30. The van der Waals surface area contributed by atoms with Crippen LogP contribution in [0, 0.1) is 0 Å². The average Bonchev–Trinajstić information content (AvgIpc) is 3.05. The van der Waals surface area contributed by atoms with Crippen LogP contribution in [0.25, 0.3) is 10.2 Å². The Hall–Kier alpha value is -2.57. The van der Waals surface area contributed by atoms with E-state index in [2.05, 4.69) is 16.4 Å². The summed E-state index contributed by atoms with van der Waals surface area (Å²) in [6.45, 7) is 3.74. The van der Waals surface area contributed by atoms with E-state index in [4.69, 9.17) is 0 Å². The van der Waals surface area contributed by atoms with Gasteiger partial charge in [0.05, 0.1) is 28.5 Å². The molecule has 3 aromatic rings. The third kappa shape index (κ3) is 3.98. The molecule has 0 fully saturated rings. The predicted octanol–water partition coefficient (Wildman–Crippen LogP) is 4.13. The Kier molecular flexibility index (Phi) is 5.44. The van der Waals surface area contributed by atoms with Gasteiger partial charge in [-0.1, -0.05) is 24.3 Å². The second-order valence-electron chi connectivity index (χ2n) is 6.26. The maximum atomic E-state index is 12.4. The van der Waals surface area contributed by atoms with Crippen LogP contribution < -0.4 is 5.32 Å². The van der Waals surface area contributed by atoms with Gasteiger partial charge in [-0.05, 0) is 45.2 Å². The summed E-state index contributed by atoms with van der Waals surface area (Å²) in [5.74, 6) is -0.230. The molecule has 0 saturated carbocycles. The van der Waals surface area contributed by atoms with E-state index in [1.165, 1.54) is 6.92 Å². The highest BCUT2D eigenvalue weighted by atomic mass is 32.1. The van der Waals surface area contributed by atoms with Crippen molar-refractivity contribution in [3.8, 4) is 0 Å². The summed E-state index contributed by atoms with van der Waals surface area (Å²) in [6, 6.07) is 15.1. The molecule has 1 amide bonds. The van der Waals surface area contributed by atoms with Gasteiger partial charge < -0.3 is 5.32 Å². The molecule has 0 aliphatic carbocycles. The second-order valence-corrected chi connectivity index (χ2v) is 7.32. The number of likely N-dealkylation sites (N-methyl/N-ethyl adjacent to an activating group) is 1. The second kappa shape index (κ2) is 7.76. The van der Waals surface area contributed by atoms with E-state index in [-0.39, 0.29) is 24.3 Å². The van der Waals surface area contributed by atoms with E-state index < -0.39 is 0 Å². The molecule has 6 heteroatoms. The monoisotopic (exact) mass is 367 g/mol. The summed E-state index contributed by atoms with van der Waals surface area (Å²) in [5, 5.41) is 3.81. The van der Waals surface area contributed by atoms with E-state index in [0.717, 1.165) is 15.2 Å². The van der Waals surface area contributed by atoms with E-state index in [1.54, 1.807) is 35.6 Å². The number of thiazole rings is 1. The number of carbonyl (C=O) groups is 2. The van der Waals surface area contributed by atoms with E-state index in [0.29, 0.717) is 11.3 Å². The lowest BCUT2D eigenvalue weighted by atomic mass is 10.1. The van der Waals surface area contributed by atoms with Crippen LogP contribution in [0.1, 0.15) is 35.3 Å². The zero-order valence-electron chi connectivity index (χ0n) is 15.0. The minimum atomic E-state index is -0.158. The lowest BCUT2D eigenvalue weighted by molar-refractivity contribution is -0.117. The van der Waals surface area contributed by atoms with Crippen molar-refractivity contribution < 1.29 is 9.59 Å². The summed E-state index contributed by atoms with van der Waals surface area (Å²) in [5.41, 5.74) is 2.04. The van der Waals surface area contributed by atoms with Crippen molar-refractivity contribution in [1.29, 1.82) is 0 Å². The van der Waals surface area contributed by atoms with E-state index in [1.807, 2.05) is 37.1 Å². The molecule has 0 spiro atoms. The quantitative estimate of drug-likeness (QED) is 0.666. The number of Topliss-reactive ketones (excluding diaryl/α,β-unsaturated/α-hetero) is 1. The molecular weight excluding hydrogens is 346 g/mol. The number of amides is 1. The van der Waals surface area contributed by atoms with Crippen molar-refractivity contribution in [2.45, 2.75) is 19.9 Å². The standard InChI is InChI=1S/C20H21N3O2S/c1-13(20-22-17-10-6-7-11-18(17)26-20)23(3)12-19(25)21-16-9-5-4-8-15(16)14(2)24/h4-11,13H,12H2,1-3H3,(H,21,25)/t13-/m0/s1. The first kappa shape index (κ1) is 18.2. The minimum absolute atomic E-state index is 0.0150. The van der Waals surface area contributed by atoms with Gasteiger partial charge in [-0.25, -0.2) is 4.98 Å². The number of anilines is 1. The van der Waals surface area contributed by atoms with Gasteiger partial charge in [0.2, 0.25) is 5.91 Å². The van der Waals surface area contributed by atoms with Gasteiger partial charge in [-0.3, -0.25) is 14.5 Å². The molecule has 0 aliphatic heterocycles. The number of rotatable bonds is 6. The first-order valence-corrected chi connectivity index (χ1v) is 9.23. The molecule has 1 aromatic heterocycles. The van der Waals surface area contributed by atoms with Crippen LogP contribution in [0.2, 0.25) is 0 Å². The predicted molar refractivity (Wildman–Crippen MR) is 106 cm³/mol. The summed E-state index contributed by atoms with van der Waals surface area (Å²) >= 11 is 1.64. The molecule has 2 aromatic carbocycles. The highest BCUT2D eigenvalue weighted by Gasteiger charge is 2.19. The van der Waals surface area contributed by atoms with E-state index >= 15 is 0 Å². The lowest BCUT2D eigenvalue weighted by Gasteiger charge is -2.22. The Morgan fingerprint density at radius 2 is 1.85 bits per heavy atom. The molecule has 0 aliphatic rings. The van der Waals surface area contributed by atoms with Gasteiger partial charge in [-0.2, -0.15) is 0 Å². The molecule has 1 atom stereocenters. The number of fused-ring (bicyclic) bond motifs is 1. The molecule has 0 bridgehead atoms. The fraction of sp³-hybridized carbons (Fsp3) is 0.250. The number of para-hydroxylation sites is 2. The van der Waals surface area contributed by atoms with Gasteiger partial charge >= 0.3 is 0 Å². The molecule has 5 nitrogen and oxygen atoms in total. The van der Waals surface area contributed by atoms with Crippen molar-refractivity contribution in [1.82, 2.24) is 9.88 Å². The molecule has 1 N–H and O–H groups in total. The Labute approximate surface area is 156 Å². The number of benzene rings is 2. The lowest BCUT2D eigenvalue weighted by Crippen LogP contribution is -2.32. The Balaban J connectivity index is 1.68. The van der Waals surface area contributed by atoms with Gasteiger partial charge in [0.25, 0.3) is 0 Å². The Morgan fingerprint density at radius 3 is 2.58 bits per heavy atom. The van der Waals surface area contributed by atoms with Crippen LogP contribution in [0.4, 0.5) is 5.69 Å². The van der Waals surface area contributed by atoms with Crippen LogP contribution in [0.15, 0.2) is 48.5 Å². The summed E-state index contributed by atoms with van der Waals surface area (Å²) in [6.07, 6.45) is 0. The number of aromatic nitrogens is 1. The van der Waals surface area contributed by atoms with Crippen molar-refractivity contribution in [2.24, 2.45) is 0 Å². The number of nitrogens with zero attached hydrogens (tertiary/aromatic N) is 2. The van der Waals surface area contributed by atoms with Crippen molar-refractivity contribution in [2.75, 3.05) is 18.9 Å². The van der Waals surface area contributed by atoms with Gasteiger partial charge in [-0.15, -0.1) is 11.3 Å². The fourth-order valence-electron chi connectivity index (χ4n) is 2.71. The van der Waals surface area contributed by atoms with Gasteiger partial charge in [0.15, 0.2) is 5.78 Å². The maximum Gasteiger partial charge on any atom is 0.238 e. The zero-order chi connectivity index (χ0) is 18.7. The molecule has 26 heavy (non-hydrogen) atoms. The highest BCUT2D eigenvalue weighted by molar-refractivity contribution is 7.18. The molecule has 0 saturated heterocycles. The minimum Gasteiger partial charge on any atom is -0.324 e. The summed E-state index contributed by atoms with van der Waals surface area (Å²) in [7, 11) is 1.90. The summed E-state index contributed by atoms with van der Waals surface area (Å²) in [4.78, 5) is 30.7. The number of carbonyl (C=O) groups excluding carboxylic acids is 2. The van der Waals surface area contributed by atoms with Crippen LogP contribution in [-0.2, 0) is 4.79 Å². The van der Waals surface area contributed by atoms with Crippen molar-refractivity contribution in [3.05, 3.63) is 59.1 Å². The number of hydrogen-bond acceptors (Lipinski definition) is 5. The van der Waals surface area contributed by atoms with E-state index in [9.17, 15) is 9.59 Å². The van der Waals surface area contributed by atoms with Crippen LogP contribution >= 0.6 is 11.3 Å². The summed E-state index contributed by atoms with van der Waals surface area (Å²) < 4.78 is 1.14. The molecule has 3 rings (SSSR count). The number of hydrogen-bond donors (Lipinski definition) is 1. The largest absolute Gasteiger partial charge is 0.324 e. The fourth-order valence-corrected chi connectivity index (χ4v) is 3.79. The molecule has 0 unspecified atom stereocenters. The van der Waals surface area contributed by atoms with Crippen molar-refractivity contribution in [3.63, 3.8) is 0 Å². The number of nitrogens with one attached hydrogen (secondary N) is 1. The van der Waals surface area contributed by atoms with Gasteiger partial charge in [0.1, 0.15) is 5.01 Å². The van der Waals surface area contributed by atoms with Gasteiger partial charge in [0, 0.05) is 5.56 Å². The first-order chi connectivity index (χ1) is 12.5. The number of ketones is 1. The first-order valence-electron chi connectivity index (χ1n) is 8.41. The van der Waals surface area contributed by atoms with Crippen LogP contribution in [0.5, 0.6) is 0 Å². The third-order valence-corrected chi connectivity index (χ3v) is 5.51. The molecular formula is C20H21N3O2S. The Morgan fingerprint density at radius 1 is 1.15 bits per heavy atom. The average molecular weight is 367 g/mol. The smallest absolute Gasteiger partial charge is 0.238 e. The SMILES string of the molecule is CC(=O)c1ccccc1NC(=O)CN(C)[C@@H](C)c1nc2ccccc2s1. The maximum absolute atomic E-state index is 12.4. The van der Waals surface area contributed by atoms with Crippen LogP contribution in [-0.4, -0.2) is 35.2 Å². The molecule has 0 radical (unpaired) electrons. The Bertz CT molecular complexity index is 918. The highest BCUT2D eigenvalue weighted by Crippen LogP contribution is 2.28. The van der Waals surface area contributed by atoms with Crippen molar-refractivity contribution >= 4 is 38.9 Å². The zero-order valence-corrected chi connectivity index (χ0v) is 15.8. The molecule has 134 valence electrons.